The maximum absolute atomic E-state index is 12.3. The van der Waals surface area contributed by atoms with E-state index in [1.54, 1.807) is 0 Å². The molecule has 2 rings (SSSR count). The van der Waals surface area contributed by atoms with Gasteiger partial charge in [-0.1, -0.05) is 17.9 Å². The molecule has 1 aromatic rings. The van der Waals surface area contributed by atoms with Gasteiger partial charge in [-0.05, 0) is 37.5 Å². The number of carbonyl (C=O) groups is 1. The Hall–Kier alpha value is -1.83. The van der Waals surface area contributed by atoms with Crippen LogP contribution in [-0.4, -0.2) is 31.7 Å². The van der Waals surface area contributed by atoms with E-state index in [9.17, 15) is 4.79 Å². The average Bonchev–Trinajstić information content (AvgIpc) is 2.47. The second-order valence-corrected chi connectivity index (χ2v) is 4.87. The molecular formula is C16H20N2O2. The number of amides is 1. The lowest BCUT2D eigenvalue weighted by Gasteiger charge is -2.23. The highest BCUT2D eigenvalue weighted by molar-refractivity contribution is 5.96. The fourth-order valence-corrected chi connectivity index (χ4v) is 2.28. The third-order valence-corrected chi connectivity index (χ3v) is 3.40. The molecular weight excluding hydrogens is 252 g/mol. The predicted octanol–water partition coefficient (Wildman–Crippen LogP) is 1.21. The summed E-state index contributed by atoms with van der Waals surface area (Å²) in [6.07, 6.45) is 1.96. The molecule has 1 amide bonds. The van der Waals surface area contributed by atoms with Gasteiger partial charge in [0.1, 0.15) is 0 Å². The lowest BCUT2D eigenvalue weighted by atomic mass is 10.0. The smallest absolute Gasteiger partial charge is 0.251 e. The molecule has 1 fully saturated rings. The lowest BCUT2D eigenvalue weighted by molar-refractivity contribution is 0.0624. The number of benzene rings is 1. The molecule has 3 N–H and O–H groups in total. The van der Waals surface area contributed by atoms with Gasteiger partial charge in [0.15, 0.2) is 0 Å². The van der Waals surface area contributed by atoms with Crippen molar-refractivity contribution in [2.45, 2.75) is 25.8 Å². The Morgan fingerprint density at radius 3 is 3.10 bits per heavy atom. The number of nitrogens with one attached hydrogen (secondary N) is 1. The first-order chi connectivity index (χ1) is 9.72. The van der Waals surface area contributed by atoms with Crippen molar-refractivity contribution in [2.75, 3.05) is 19.8 Å². The van der Waals surface area contributed by atoms with Crippen molar-refractivity contribution in [2.24, 2.45) is 5.73 Å². The average molecular weight is 272 g/mol. The summed E-state index contributed by atoms with van der Waals surface area (Å²) in [6, 6.07) is 5.68. The normalized spacial score (nSPS) is 18.0. The Morgan fingerprint density at radius 1 is 1.55 bits per heavy atom. The first-order valence-corrected chi connectivity index (χ1v) is 6.89. The molecule has 4 heteroatoms. The van der Waals surface area contributed by atoms with Crippen LogP contribution < -0.4 is 11.1 Å². The molecule has 1 aliphatic heterocycles. The molecule has 1 aromatic carbocycles. The van der Waals surface area contributed by atoms with Crippen molar-refractivity contribution < 1.29 is 9.53 Å². The van der Waals surface area contributed by atoms with E-state index in [1.165, 1.54) is 0 Å². The van der Waals surface area contributed by atoms with Crippen LogP contribution >= 0.6 is 0 Å². The molecule has 4 nitrogen and oxygen atoms in total. The van der Waals surface area contributed by atoms with E-state index < -0.39 is 0 Å². The van der Waals surface area contributed by atoms with Crippen LogP contribution in [0, 0.1) is 18.8 Å². The molecule has 1 heterocycles. The Balaban J connectivity index is 2.13. The van der Waals surface area contributed by atoms with Gasteiger partial charge in [0.05, 0.1) is 19.2 Å². The molecule has 1 saturated heterocycles. The molecule has 0 radical (unpaired) electrons. The van der Waals surface area contributed by atoms with Crippen LogP contribution in [0.4, 0.5) is 0 Å². The Morgan fingerprint density at radius 2 is 2.40 bits per heavy atom. The largest absolute Gasteiger partial charge is 0.379 e. The summed E-state index contributed by atoms with van der Waals surface area (Å²) in [7, 11) is 0. The van der Waals surface area contributed by atoms with Gasteiger partial charge in [-0.3, -0.25) is 4.79 Å². The maximum Gasteiger partial charge on any atom is 0.251 e. The second-order valence-electron chi connectivity index (χ2n) is 4.87. The van der Waals surface area contributed by atoms with Gasteiger partial charge in [-0.2, -0.15) is 0 Å². The quantitative estimate of drug-likeness (QED) is 0.796. The topological polar surface area (TPSA) is 64.4 Å². The van der Waals surface area contributed by atoms with Crippen molar-refractivity contribution in [1.82, 2.24) is 5.32 Å². The highest BCUT2D eigenvalue weighted by Gasteiger charge is 2.18. The molecule has 1 unspecified atom stereocenters. The third-order valence-electron chi connectivity index (χ3n) is 3.40. The highest BCUT2D eigenvalue weighted by Crippen LogP contribution is 2.14. The summed E-state index contributed by atoms with van der Waals surface area (Å²) in [5, 5.41) is 3.02. The second kappa shape index (κ2) is 7.09. The lowest BCUT2D eigenvalue weighted by Crippen LogP contribution is -2.40. The predicted molar refractivity (Wildman–Crippen MR) is 78.4 cm³/mol. The van der Waals surface area contributed by atoms with E-state index in [4.69, 9.17) is 10.5 Å². The number of hydrogen-bond acceptors (Lipinski definition) is 3. The highest BCUT2D eigenvalue weighted by atomic mass is 16.5. The summed E-state index contributed by atoms with van der Waals surface area (Å²) in [5.41, 5.74) is 7.79. The van der Waals surface area contributed by atoms with Gasteiger partial charge in [-0.15, -0.1) is 0 Å². The first-order valence-electron chi connectivity index (χ1n) is 6.89. The molecule has 0 bridgehead atoms. The summed E-state index contributed by atoms with van der Waals surface area (Å²) >= 11 is 0. The Bertz CT molecular complexity index is 537. The number of hydrogen-bond donors (Lipinski definition) is 2. The molecule has 0 spiro atoms. The monoisotopic (exact) mass is 272 g/mol. The van der Waals surface area contributed by atoms with Gasteiger partial charge in [0, 0.05) is 17.7 Å². The zero-order chi connectivity index (χ0) is 14.4. The van der Waals surface area contributed by atoms with E-state index >= 15 is 0 Å². The van der Waals surface area contributed by atoms with Crippen molar-refractivity contribution in [1.29, 1.82) is 0 Å². The van der Waals surface area contributed by atoms with E-state index in [0.717, 1.165) is 30.6 Å². The Kier molecular flexibility index (Phi) is 5.16. The van der Waals surface area contributed by atoms with Crippen molar-refractivity contribution in [3.63, 3.8) is 0 Å². The van der Waals surface area contributed by atoms with E-state index in [-0.39, 0.29) is 11.9 Å². The van der Waals surface area contributed by atoms with Crippen molar-refractivity contribution in [3.05, 3.63) is 34.9 Å². The first kappa shape index (κ1) is 14.6. The van der Waals surface area contributed by atoms with Crippen LogP contribution in [0.25, 0.3) is 0 Å². The zero-order valence-corrected chi connectivity index (χ0v) is 11.7. The van der Waals surface area contributed by atoms with Gasteiger partial charge in [0.2, 0.25) is 0 Å². The van der Waals surface area contributed by atoms with Crippen LogP contribution in [0.5, 0.6) is 0 Å². The maximum atomic E-state index is 12.3. The van der Waals surface area contributed by atoms with Crippen LogP contribution in [0.1, 0.15) is 34.3 Å². The fraction of sp³-hybridized carbons (Fsp3) is 0.438. The van der Waals surface area contributed by atoms with Gasteiger partial charge >= 0.3 is 0 Å². The minimum atomic E-state index is -0.0607. The molecule has 1 atom stereocenters. The molecule has 0 saturated carbocycles. The third kappa shape index (κ3) is 3.60. The van der Waals surface area contributed by atoms with Gasteiger partial charge in [0.25, 0.3) is 5.91 Å². The SMILES string of the molecule is Cc1c(C#CCN)cccc1C(=O)NC1CCCOC1. The van der Waals surface area contributed by atoms with Gasteiger partial charge in [-0.25, -0.2) is 0 Å². The fourth-order valence-electron chi connectivity index (χ4n) is 2.28. The number of rotatable bonds is 2. The number of ether oxygens (including phenoxy) is 1. The molecule has 106 valence electrons. The summed E-state index contributed by atoms with van der Waals surface area (Å²) < 4.78 is 5.37. The molecule has 1 aliphatic rings. The molecule has 0 aliphatic carbocycles. The van der Waals surface area contributed by atoms with Gasteiger partial charge < -0.3 is 15.8 Å². The van der Waals surface area contributed by atoms with Crippen molar-refractivity contribution >= 4 is 5.91 Å². The minimum absolute atomic E-state index is 0.0607. The van der Waals surface area contributed by atoms with E-state index in [0.29, 0.717) is 18.7 Å². The number of nitrogens with two attached hydrogens (primary N) is 1. The van der Waals surface area contributed by atoms with E-state index in [1.807, 2.05) is 25.1 Å². The van der Waals surface area contributed by atoms with Crippen LogP contribution in [0.15, 0.2) is 18.2 Å². The Labute approximate surface area is 119 Å². The summed E-state index contributed by atoms with van der Waals surface area (Å²) in [5.74, 6) is 5.75. The standard InChI is InChI=1S/C16H20N2O2/c1-12-13(6-3-9-17)5-2-8-15(12)16(19)18-14-7-4-10-20-11-14/h2,5,8,14H,4,7,9-11,17H2,1H3,(H,18,19). The zero-order valence-electron chi connectivity index (χ0n) is 11.7. The summed E-state index contributed by atoms with van der Waals surface area (Å²) in [4.78, 5) is 12.3. The van der Waals surface area contributed by atoms with Crippen molar-refractivity contribution in [3.8, 4) is 11.8 Å². The summed E-state index contributed by atoms with van der Waals surface area (Å²) in [6.45, 7) is 3.61. The van der Waals surface area contributed by atoms with Crippen LogP contribution in [-0.2, 0) is 4.74 Å². The van der Waals surface area contributed by atoms with Crippen LogP contribution in [0.3, 0.4) is 0 Å². The minimum Gasteiger partial charge on any atom is -0.379 e. The van der Waals surface area contributed by atoms with Crippen LogP contribution in [0.2, 0.25) is 0 Å². The number of carbonyl (C=O) groups excluding carboxylic acids is 1. The molecule has 20 heavy (non-hydrogen) atoms. The molecule has 0 aromatic heterocycles. The van der Waals surface area contributed by atoms with E-state index in [2.05, 4.69) is 17.2 Å².